The van der Waals surface area contributed by atoms with Gasteiger partial charge in [0.15, 0.2) is 0 Å². The Kier molecular flexibility index (Phi) is 6.57. The number of hydrogen-bond donors (Lipinski definition) is 0. The first-order valence-electron chi connectivity index (χ1n) is 10.9. The van der Waals surface area contributed by atoms with Crippen LogP contribution in [0.15, 0.2) is 89.8 Å². The summed E-state index contributed by atoms with van der Waals surface area (Å²) in [4.78, 5) is 26.8. The zero-order valence-electron chi connectivity index (χ0n) is 18.4. The standard InChI is InChI=1S/C28H19ClFNO3S/c29-23-9-5-10-24(30)22(23)16-31-27(32)26(35-28(31)33)15-21-8-3-4-11-25(21)34-17-18-12-13-19-6-1-2-7-20(19)14-18/h1-15H,16-17H2/b26-15-. The molecule has 0 N–H and O–H groups in total. The Balaban J connectivity index is 1.35. The van der Waals surface area contributed by atoms with Crippen LogP contribution < -0.4 is 4.74 Å². The fourth-order valence-corrected chi connectivity index (χ4v) is 4.89. The molecule has 0 aromatic heterocycles. The van der Waals surface area contributed by atoms with Crippen LogP contribution in [0.5, 0.6) is 5.75 Å². The number of imide groups is 1. The Bertz CT molecular complexity index is 1470. The average molecular weight is 504 g/mol. The lowest BCUT2D eigenvalue weighted by Crippen LogP contribution is -2.28. The van der Waals surface area contributed by atoms with E-state index in [0.29, 0.717) is 17.9 Å². The van der Waals surface area contributed by atoms with Gasteiger partial charge in [-0.15, -0.1) is 0 Å². The van der Waals surface area contributed by atoms with E-state index in [0.717, 1.165) is 33.0 Å². The summed E-state index contributed by atoms with van der Waals surface area (Å²) >= 11 is 6.89. The number of carbonyl (C=O) groups is 2. The fourth-order valence-electron chi connectivity index (χ4n) is 3.84. The first-order valence-corrected chi connectivity index (χ1v) is 12.1. The van der Waals surface area contributed by atoms with Gasteiger partial charge in [-0.1, -0.05) is 72.3 Å². The molecule has 174 valence electrons. The molecule has 0 unspecified atom stereocenters. The van der Waals surface area contributed by atoms with E-state index in [2.05, 4.69) is 24.3 Å². The van der Waals surface area contributed by atoms with Gasteiger partial charge in [-0.05, 0) is 58.4 Å². The van der Waals surface area contributed by atoms with Crippen molar-refractivity contribution in [1.82, 2.24) is 4.90 Å². The van der Waals surface area contributed by atoms with E-state index >= 15 is 0 Å². The van der Waals surface area contributed by atoms with Crippen LogP contribution in [0.2, 0.25) is 5.02 Å². The molecule has 1 saturated heterocycles. The maximum absolute atomic E-state index is 14.2. The van der Waals surface area contributed by atoms with E-state index in [9.17, 15) is 14.0 Å². The molecule has 4 aromatic carbocycles. The van der Waals surface area contributed by atoms with Gasteiger partial charge >= 0.3 is 0 Å². The minimum Gasteiger partial charge on any atom is -0.488 e. The van der Waals surface area contributed by atoms with Crippen LogP contribution in [0.25, 0.3) is 16.8 Å². The van der Waals surface area contributed by atoms with Crippen molar-refractivity contribution in [3.63, 3.8) is 0 Å². The molecule has 0 aliphatic carbocycles. The zero-order chi connectivity index (χ0) is 24.4. The third-order valence-electron chi connectivity index (χ3n) is 5.67. The van der Waals surface area contributed by atoms with Crippen LogP contribution in [0.3, 0.4) is 0 Å². The van der Waals surface area contributed by atoms with Crippen molar-refractivity contribution in [2.45, 2.75) is 13.2 Å². The van der Waals surface area contributed by atoms with E-state index in [1.54, 1.807) is 6.08 Å². The van der Waals surface area contributed by atoms with Gasteiger partial charge in [-0.2, -0.15) is 0 Å². The highest BCUT2D eigenvalue weighted by Crippen LogP contribution is 2.36. The van der Waals surface area contributed by atoms with Crippen molar-refractivity contribution in [2.24, 2.45) is 0 Å². The molecule has 0 atom stereocenters. The Morgan fingerprint density at radius 3 is 2.51 bits per heavy atom. The predicted octanol–water partition coefficient (Wildman–Crippen LogP) is 7.45. The van der Waals surface area contributed by atoms with Gasteiger partial charge in [0.05, 0.1) is 11.4 Å². The number of ether oxygens (including phenoxy) is 1. The van der Waals surface area contributed by atoms with Crippen molar-refractivity contribution >= 4 is 51.4 Å². The summed E-state index contributed by atoms with van der Waals surface area (Å²) < 4.78 is 20.3. The second kappa shape index (κ2) is 9.94. The molecular formula is C28H19ClFNO3S. The number of nitrogens with zero attached hydrogens (tertiary/aromatic N) is 1. The fraction of sp³-hybridized carbons (Fsp3) is 0.0714. The summed E-state index contributed by atoms with van der Waals surface area (Å²) in [5, 5.41) is 1.98. The van der Waals surface area contributed by atoms with E-state index < -0.39 is 17.0 Å². The maximum Gasteiger partial charge on any atom is 0.293 e. The number of thioether (sulfide) groups is 1. The quantitative estimate of drug-likeness (QED) is 0.256. The number of benzene rings is 4. The van der Waals surface area contributed by atoms with Gasteiger partial charge < -0.3 is 4.74 Å². The van der Waals surface area contributed by atoms with Crippen molar-refractivity contribution in [3.8, 4) is 5.75 Å². The minimum absolute atomic E-state index is 0.108. The number of para-hydroxylation sites is 1. The van der Waals surface area contributed by atoms with Crippen LogP contribution in [0, 0.1) is 5.82 Å². The lowest BCUT2D eigenvalue weighted by atomic mass is 10.1. The van der Waals surface area contributed by atoms with E-state index in [-0.39, 0.29) is 22.0 Å². The summed E-state index contributed by atoms with van der Waals surface area (Å²) in [6.45, 7) is 0.122. The molecule has 1 aliphatic rings. The molecule has 0 bridgehead atoms. The monoisotopic (exact) mass is 503 g/mol. The van der Waals surface area contributed by atoms with Gasteiger partial charge in [0.25, 0.3) is 11.1 Å². The first-order chi connectivity index (χ1) is 17.0. The lowest BCUT2D eigenvalue weighted by molar-refractivity contribution is -0.123. The molecule has 1 fully saturated rings. The molecule has 1 aliphatic heterocycles. The largest absolute Gasteiger partial charge is 0.488 e. The molecule has 7 heteroatoms. The number of halogens is 2. The van der Waals surface area contributed by atoms with Gasteiger partial charge in [0, 0.05) is 16.1 Å². The minimum atomic E-state index is -0.562. The molecule has 4 aromatic rings. The molecule has 35 heavy (non-hydrogen) atoms. The van der Waals surface area contributed by atoms with E-state index in [1.807, 2.05) is 42.5 Å². The predicted molar refractivity (Wildman–Crippen MR) is 138 cm³/mol. The Hall–Kier alpha value is -3.61. The van der Waals surface area contributed by atoms with Crippen molar-refractivity contribution < 1.29 is 18.7 Å². The Morgan fingerprint density at radius 1 is 0.914 bits per heavy atom. The Labute approximate surface area is 211 Å². The average Bonchev–Trinajstić information content (AvgIpc) is 3.12. The van der Waals surface area contributed by atoms with Crippen LogP contribution in [0.4, 0.5) is 9.18 Å². The number of carbonyl (C=O) groups excluding carboxylic acids is 2. The smallest absolute Gasteiger partial charge is 0.293 e. The molecular weight excluding hydrogens is 485 g/mol. The second-order valence-electron chi connectivity index (χ2n) is 7.98. The van der Waals surface area contributed by atoms with Crippen LogP contribution in [-0.2, 0) is 17.9 Å². The first kappa shape index (κ1) is 23.1. The molecule has 1 heterocycles. The van der Waals surface area contributed by atoms with Gasteiger partial charge in [-0.25, -0.2) is 4.39 Å². The zero-order valence-corrected chi connectivity index (χ0v) is 20.0. The number of hydrogen-bond acceptors (Lipinski definition) is 4. The SMILES string of the molecule is O=C1S/C(=C\c2ccccc2OCc2ccc3ccccc3c2)C(=O)N1Cc1c(F)cccc1Cl. The summed E-state index contributed by atoms with van der Waals surface area (Å²) in [5.41, 5.74) is 1.79. The lowest BCUT2D eigenvalue weighted by Gasteiger charge is -2.14. The van der Waals surface area contributed by atoms with Gasteiger partial charge in [0.2, 0.25) is 0 Å². The molecule has 0 radical (unpaired) electrons. The molecule has 4 nitrogen and oxygen atoms in total. The van der Waals surface area contributed by atoms with Crippen LogP contribution >= 0.6 is 23.4 Å². The molecule has 0 spiro atoms. The van der Waals surface area contributed by atoms with Crippen LogP contribution in [-0.4, -0.2) is 16.0 Å². The highest BCUT2D eigenvalue weighted by Gasteiger charge is 2.36. The number of fused-ring (bicyclic) bond motifs is 1. The third-order valence-corrected chi connectivity index (χ3v) is 6.93. The van der Waals surface area contributed by atoms with Gasteiger partial charge in [0.1, 0.15) is 18.2 Å². The Morgan fingerprint density at radius 2 is 1.69 bits per heavy atom. The van der Waals surface area contributed by atoms with Crippen molar-refractivity contribution in [2.75, 3.05) is 0 Å². The summed E-state index contributed by atoms with van der Waals surface area (Å²) in [6, 6.07) is 25.8. The summed E-state index contributed by atoms with van der Waals surface area (Å²) in [7, 11) is 0. The topological polar surface area (TPSA) is 46.6 Å². The number of amides is 2. The molecule has 0 saturated carbocycles. The van der Waals surface area contributed by atoms with Crippen LogP contribution in [0.1, 0.15) is 16.7 Å². The maximum atomic E-state index is 14.2. The highest BCUT2D eigenvalue weighted by molar-refractivity contribution is 8.18. The summed E-state index contributed by atoms with van der Waals surface area (Å²) in [6.07, 6.45) is 1.63. The number of rotatable bonds is 6. The molecule has 5 rings (SSSR count). The van der Waals surface area contributed by atoms with Crippen molar-refractivity contribution in [3.05, 3.63) is 117 Å². The van der Waals surface area contributed by atoms with E-state index in [4.69, 9.17) is 16.3 Å². The highest BCUT2D eigenvalue weighted by atomic mass is 35.5. The van der Waals surface area contributed by atoms with Gasteiger partial charge in [-0.3, -0.25) is 14.5 Å². The molecule has 2 amide bonds. The van der Waals surface area contributed by atoms with E-state index in [1.165, 1.54) is 18.2 Å². The summed E-state index contributed by atoms with van der Waals surface area (Å²) in [5.74, 6) is -0.471. The van der Waals surface area contributed by atoms with Crippen molar-refractivity contribution in [1.29, 1.82) is 0 Å². The third kappa shape index (κ3) is 4.94. The normalized spacial score (nSPS) is 14.8. The second-order valence-corrected chi connectivity index (χ2v) is 9.38.